The Morgan fingerprint density at radius 1 is 1.33 bits per heavy atom. The zero-order valence-electron chi connectivity index (χ0n) is 11.2. The van der Waals surface area contributed by atoms with Gasteiger partial charge in [-0.3, -0.25) is 14.9 Å². The summed E-state index contributed by atoms with van der Waals surface area (Å²) in [4.78, 5) is 32.6. The molecule has 0 aliphatic rings. The fourth-order valence-corrected chi connectivity index (χ4v) is 1.39. The first-order chi connectivity index (χ1) is 9.77. The van der Waals surface area contributed by atoms with Gasteiger partial charge in [-0.05, 0) is 19.9 Å². The first-order valence-electron chi connectivity index (χ1n) is 5.68. The van der Waals surface area contributed by atoms with Crippen molar-refractivity contribution in [2.75, 3.05) is 5.32 Å². The Hall–Kier alpha value is -3.21. The van der Waals surface area contributed by atoms with Crippen molar-refractivity contribution in [3.63, 3.8) is 0 Å². The third kappa shape index (κ3) is 3.63. The fraction of sp³-hybridized carbons (Fsp3) is 0.154. The maximum absolute atomic E-state index is 11.9. The van der Waals surface area contributed by atoms with Gasteiger partial charge in [0.1, 0.15) is 6.07 Å². The minimum absolute atomic E-state index is 0.0234. The Labute approximate surface area is 119 Å². The molecule has 0 aliphatic heterocycles. The van der Waals surface area contributed by atoms with Crippen molar-refractivity contribution in [2.45, 2.75) is 13.8 Å². The predicted molar refractivity (Wildman–Crippen MR) is 72.5 cm³/mol. The van der Waals surface area contributed by atoms with E-state index in [-0.39, 0.29) is 28.1 Å². The maximum Gasteiger partial charge on any atom is 0.331 e. The zero-order chi connectivity index (χ0) is 16.2. The normalized spacial score (nSPS) is 11.1. The Bertz CT molecular complexity index is 700. The molecule has 0 heterocycles. The van der Waals surface area contributed by atoms with Crippen LogP contribution in [-0.2, 0) is 9.59 Å². The molecule has 1 aromatic rings. The van der Waals surface area contributed by atoms with Crippen LogP contribution in [0.15, 0.2) is 29.3 Å². The van der Waals surface area contributed by atoms with Crippen molar-refractivity contribution >= 4 is 23.3 Å². The fourth-order valence-electron chi connectivity index (χ4n) is 1.39. The van der Waals surface area contributed by atoms with Gasteiger partial charge in [0, 0.05) is 23.3 Å². The van der Waals surface area contributed by atoms with Gasteiger partial charge in [-0.2, -0.15) is 5.26 Å². The molecule has 0 bridgehead atoms. The lowest BCUT2D eigenvalue weighted by atomic mass is 10.1. The van der Waals surface area contributed by atoms with Gasteiger partial charge in [0.2, 0.25) is 0 Å². The number of amides is 1. The van der Waals surface area contributed by atoms with E-state index in [0.29, 0.717) is 0 Å². The number of nitro benzene ring substituents is 1. The second kappa shape index (κ2) is 6.29. The van der Waals surface area contributed by atoms with E-state index in [1.807, 2.05) is 0 Å². The van der Waals surface area contributed by atoms with Crippen LogP contribution >= 0.6 is 0 Å². The van der Waals surface area contributed by atoms with Crippen LogP contribution < -0.4 is 5.32 Å². The number of hydrogen-bond donors (Lipinski definition) is 2. The second-order valence-corrected chi connectivity index (χ2v) is 4.11. The minimum atomic E-state index is -1.23. The molecule has 2 N–H and O–H groups in total. The van der Waals surface area contributed by atoms with Crippen LogP contribution in [-0.4, -0.2) is 21.9 Å². The number of nitrogens with one attached hydrogen (secondary N) is 1. The van der Waals surface area contributed by atoms with Crippen LogP contribution in [0.4, 0.5) is 11.4 Å². The molecule has 0 aliphatic carbocycles. The van der Waals surface area contributed by atoms with E-state index in [4.69, 9.17) is 10.4 Å². The highest BCUT2D eigenvalue weighted by molar-refractivity contribution is 6.08. The molecule has 108 valence electrons. The van der Waals surface area contributed by atoms with E-state index in [9.17, 15) is 19.7 Å². The number of carboxylic acid groups (broad SMARTS) is 1. The number of hydrogen-bond acceptors (Lipinski definition) is 5. The summed E-state index contributed by atoms with van der Waals surface area (Å²) in [5, 5.41) is 30.7. The lowest BCUT2D eigenvalue weighted by molar-refractivity contribution is -0.384. The molecule has 0 saturated carbocycles. The van der Waals surface area contributed by atoms with E-state index >= 15 is 0 Å². The number of non-ortho nitro benzene ring substituents is 1. The first kappa shape index (κ1) is 15.8. The monoisotopic (exact) mass is 289 g/mol. The van der Waals surface area contributed by atoms with Crippen molar-refractivity contribution in [1.29, 1.82) is 5.26 Å². The van der Waals surface area contributed by atoms with E-state index in [2.05, 4.69) is 5.32 Å². The molecule has 21 heavy (non-hydrogen) atoms. The predicted octanol–water partition coefficient (Wildman–Crippen LogP) is 1.83. The molecule has 0 aromatic heterocycles. The summed E-state index contributed by atoms with van der Waals surface area (Å²) in [5.41, 5.74) is -0.444. The number of rotatable bonds is 4. The van der Waals surface area contributed by atoms with Crippen LogP contribution in [0.3, 0.4) is 0 Å². The SMILES string of the molecule is CC(C(=O)O)=C(C)C(=O)Nc1ccc([N+](=O)[O-])cc1C#N. The van der Waals surface area contributed by atoms with Gasteiger partial charge < -0.3 is 10.4 Å². The summed E-state index contributed by atoms with van der Waals surface area (Å²) >= 11 is 0. The first-order valence-corrected chi connectivity index (χ1v) is 5.68. The third-order valence-corrected chi connectivity index (χ3v) is 2.81. The Kier molecular flexibility index (Phi) is 4.75. The molecule has 8 heteroatoms. The molecule has 0 saturated heterocycles. The van der Waals surface area contributed by atoms with Crippen molar-refractivity contribution in [3.05, 3.63) is 45.0 Å². The smallest absolute Gasteiger partial charge is 0.331 e. The van der Waals surface area contributed by atoms with Crippen LogP contribution in [0.25, 0.3) is 0 Å². The highest BCUT2D eigenvalue weighted by atomic mass is 16.6. The zero-order valence-corrected chi connectivity index (χ0v) is 11.2. The Balaban J connectivity index is 3.12. The minimum Gasteiger partial charge on any atom is -0.478 e. The summed E-state index contributed by atoms with van der Waals surface area (Å²) < 4.78 is 0. The van der Waals surface area contributed by atoms with Crippen molar-refractivity contribution in [3.8, 4) is 6.07 Å². The molecule has 1 aromatic carbocycles. The topological polar surface area (TPSA) is 133 Å². The molecular weight excluding hydrogens is 278 g/mol. The molecule has 0 unspecified atom stereocenters. The van der Waals surface area contributed by atoms with Gasteiger partial charge in [-0.15, -0.1) is 0 Å². The number of nitrogens with zero attached hydrogens (tertiary/aromatic N) is 2. The van der Waals surface area contributed by atoms with E-state index in [0.717, 1.165) is 12.1 Å². The average molecular weight is 289 g/mol. The summed E-state index contributed by atoms with van der Waals surface area (Å²) in [5.74, 6) is -1.92. The van der Waals surface area contributed by atoms with E-state index in [1.54, 1.807) is 6.07 Å². The van der Waals surface area contributed by atoms with Crippen molar-refractivity contribution in [1.82, 2.24) is 0 Å². The van der Waals surface area contributed by atoms with Crippen LogP contribution in [0.1, 0.15) is 19.4 Å². The molecule has 0 spiro atoms. The molecule has 8 nitrogen and oxygen atoms in total. The lowest BCUT2D eigenvalue weighted by Crippen LogP contribution is -2.17. The van der Waals surface area contributed by atoms with Gasteiger partial charge in [0.15, 0.2) is 0 Å². The Morgan fingerprint density at radius 3 is 2.43 bits per heavy atom. The van der Waals surface area contributed by atoms with Crippen molar-refractivity contribution in [2.24, 2.45) is 0 Å². The summed E-state index contributed by atoms with van der Waals surface area (Å²) in [6.07, 6.45) is 0. The molecule has 0 fully saturated rings. The van der Waals surface area contributed by atoms with E-state index in [1.165, 1.54) is 19.9 Å². The lowest BCUT2D eigenvalue weighted by Gasteiger charge is -2.08. The van der Waals surface area contributed by atoms with Crippen LogP contribution in [0, 0.1) is 21.4 Å². The highest BCUT2D eigenvalue weighted by Crippen LogP contribution is 2.22. The average Bonchev–Trinajstić information content (AvgIpc) is 2.45. The number of benzene rings is 1. The van der Waals surface area contributed by atoms with Crippen molar-refractivity contribution < 1.29 is 19.6 Å². The largest absolute Gasteiger partial charge is 0.478 e. The second-order valence-electron chi connectivity index (χ2n) is 4.11. The summed E-state index contributed by atoms with van der Waals surface area (Å²) in [6, 6.07) is 5.12. The molecule has 0 atom stereocenters. The number of nitriles is 1. The third-order valence-electron chi connectivity index (χ3n) is 2.81. The number of nitro groups is 1. The number of carbonyl (C=O) groups is 2. The number of carboxylic acids is 1. The number of aliphatic carboxylic acids is 1. The van der Waals surface area contributed by atoms with Crippen LogP contribution in [0.5, 0.6) is 0 Å². The Morgan fingerprint density at radius 2 is 1.95 bits per heavy atom. The van der Waals surface area contributed by atoms with E-state index < -0.39 is 16.8 Å². The molecular formula is C13H11N3O5. The molecule has 1 amide bonds. The van der Waals surface area contributed by atoms with Crippen LogP contribution in [0.2, 0.25) is 0 Å². The summed E-state index contributed by atoms with van der Waals surface area (Å²) in [7, 11) is 0. The van der Waals surface area contributed by atoms with Gasteiger partial charge in [-0.1, -0.05) is 0 Å². The highest BCUT2D eigenvalue weighted by Gasteiger charge is 2.16. The maximum atomic E-state index is 11.9. The van der Waals surface area contributed by atoms with Gasteiger partial charge in [0.05, 0.1) is 16.2 Å². The quantitative estimate of drug-likeness (QED) is 0.493. The molecule has 0 radical (unpaired) electrons. The van der Waals surface area contributed by atoms with Gasteiger partial charge in [-0.25, -0.2) is 4.79 Å². The van der Waals surface area contributed by atoms with Gasteiger partial charge in [0.25, 0.3) is 11.6 Å². The number of carbonyl (C=O) groups excluding carboxylic acids is 1. The standard InChI is InChI=1S/C13H11N3O5/c1-7(8(2)13(18)19)12(17)15-11-4-3-10(16(20)21)5-9(11)6-14/h3-5H,1-2H3,(H,15,17)(H,18,19). The van der Waals surface area contributed by atoms with Gasteiger partial charge >= 0.3 is 5.97 Å². The molecule has 1 rings (SSSR count). The summed E-state index contributed by atoms with van der Waals surface area (Å²) in [6.45, 7) is 2.61. The number of anilines is 1.